The van der Waals surface area contributed by atoms with E-state index in [2.05, 4.69) is 27.9 Å². The van der Waals surface area contributed by atoms with E-state index in [1.54, 1.807) is 12.1 Å². The van der Waals surface area contributed by atoms with E-state index in [-0.39, 0.29) is 25.3 Å². The fourth-order valence-corrected chi connectivity index (χ4v) is 2.48. The van der Waals surface area contributed by atoms with Crippen LogP contribution < -0.4 is 16.0 Å². The summed E-state index contributed by atoms with van der Waals surface area (Å²) in [6, 6.07) is -0.597. The highest BCUT2D eigenvalue weighted by molar-refractivity contribution is 5.93. The Morgan fingerprint density at radius 3 is 2.06 bits per heavy atom. The summed E-state index contributed by atoms with van der Waals surface area (Å²) < 4.78 is 0. The molecule has 12 nitrogen and oxygen atoms in total. The second-order valence-electron chi connectivity index (χ2n) is 6.62. The van der Waals surface area contributed by atoms with Gasteiger partial charge in [-0.2, -0.15) is 0 Å². The summed E-state index contributed by atoms with van der Waals surface area (Å²) >= 11 is 0. The lowest BCUT2D eigenvalue weighted by Gasteiger charge is -2.18. The normalized spacial score (nSPS) is 12.3. The number of unbranched alkanes of at least 4 members (excludes halogenated alkanes) is 1. The van der Waals surface area contributed by atoms with E-state index in [1.165, 1.54) is 6.20 Å². The number of amides is 3. The van der Waals surface area contributed by atoms with Gasteiger partial charge in [0.25, 0.3) is 5.91 Å². The van der Waals surface area contributed by atoms with E-state index in [0.29, 0.717) is 24.1 Å². The SMILES string of the molecule is [CH2+]c1ccc(C(=O)NCCCCC(NC(=O)NC(CCC(=O)O)C(=O)O)C(=O)O)cn1. The Morgan fingerprint density at radius 1 is 0.935 bits per heavy atom. The lowest BCUT2D eigenvalue weighted by atomic mass is 10.1. The van der Waals surface area contributed by atoms with Crippen molar-refractivity contribution in [3.05, 3.63) is 36.5 Å². The van der Waals surface area contributed by atoms with Crippen LogP contribution in [0, 0.1) is 6.92 Å². The van der Waals surface area contributed by atoms with Crippen molar-refractivity contribution >= 4 is 29.8 Å². The molecule has 1 rings (SSSR count). The van der Waals surface area contributed by atoms with Gasteiger partial charge in [-0.15, -0.1) is 0 Å². The van der Waals surface area contributed by atoms with E-state index in [0.717, 1.165) is 0 Å². The van der Waals surface area contributed by atoms with Gasteiger partial charge in [-0.05, 0) is 25.7 Å². The largest absolute Gasteiger partial charge is 0.481 e. The van der Waals surface area contributed by atoms with Gasteiger partial charge in [0.1, 0.15) is 12.1 Å². The lowest BCUT2D eigenvalue weighted by molar-refractivity contribution is -0.140. The molecule has 1 heterocycles. The second-order valence-corrected chi connectivity index (χ2v) is 6.62. The number of carboxylic acids is 3. The number of aliphatic carboxylic acids is 3. The first-order valence-electron chi connectivity index (χ1n) is 9.40. The molecule has 0 saturated heterocycles. The Bertz CT molecular complexity index is 797. The molecule has 2 unspecified atom stereocenters. The standard InChI is InChI=1S/C19H24N4O8/c1-11-5-6-12(10-21-11)16(26)20-9-3-2-4-13(17(27)28)22-19(31)23-14(18(29)30)7-8-15(24)25/h5-6,10,13-14H,1-4,7-9H2,(H5-,20,22,23,24,25,26,27,28,29,30,31)/p+1. The molecule has 0 aliphatic rings. The van der Waals surface area contributed by atoms with Crippen molar-refractivity contribution < 1.29 is 39.3 Å². The second kappa shape index (κ2) is 12.7. The molecule has 0 radical (unpaired) electrons. The first kappa shape index (κ1) is 25.2. The predicted molar refractivity (Wildman–Crippen MR) is 106 cm³/mol. The average molecular weight is 437 g/mol. The minimum atomic E-state index is -1.46. The summed E-state index contributed by atoms with van der Waals surface area (Å²) in [5.41, 5.74) is 0.898. The fourth-order valence-electron chi connectivity index (χ4n) is 2.48. The summed E-state index contributed by atoms with van der Waals surface area (Å²) in [4.78, 5) is 60.8. The van der Waals surface area contributed by atoms with Crippen LogP contribution in [0.15, 0.2) is 18.3 Å². The molecule has 2 atom stereocenters. The number of nitrogens with zero attached hydrogens (tertiary/aromatic N) is 1. The van der Waals surface area contributed by atoms with Crippen LogP contribution in [-0.4, -0.2) is 68.8 Å². The van der Waals surface area contributed by atoms with Crippen LogP contribution in [0.2, 0.25) is 0 Å². The topological polar surface area (TPSA) is 195 Å². The van der Waals surface area contributed by atoms with Crippen LogP contribution in [0.4, 0.5) is 4.79 Å². The molecule has 0 aromatic carbocycles. The molecule has 0 aliphatic carbocycles. The number of nitrogens with one attached hydrogen (secondary N) is 3. The van der Waals surface area contributed by atoms with Gasteiger partial charge in [-0.25, -0.2) is 19.4 Å². The maximum Gasteiger partial charge on any atom is 0.326 e. The van der Waals surface area contributed by atoms with E-state index < -0.39 is 42.4 Å². The Hall–Kier alpha value is -3.83. The van der Waals surface area contributed by atoms with Crippen LogP contribution in [0.3, 0.4) is 0 Å². The van der Waals surface area contributed by atoms with Crippen LogP contribution in [0.1, 0.15) is 48.2 Å². The molecule has 31 heavy (non-hydrogen) atoms. The van der Waals surface area contributed by atoms with Crippen molar-refractivity contribution in [3.8, 4) is 0 Å². The average Bonchev–Trinajstić information content (AvgIpc) is 2.69. The number of hydrogen-bond donors (Lipinski definition) is 6. The van der Waals surface area contributed by atoms with Gasteiger partial charge in [0.05, 0.1) is 18.6 Å². The highest BCUT2D eigenvalue weighted by Crippen LogP contribution is 2.04. The molecule has 0 aliphatic heterocycles. The van der Waals surface area contributed by atoms with E-state index >= 15 is 0 Å². The maximum atomic E-state index is 11.9. The molecule has 6 N–H and O–H groups in total. The van der Waals surface area contributed by atoms with Crippen LogP contribution in [-0.2, 0) is 14.4 Å². The number of urea groups is 1. The smallest absolute Gasteiger partial charge is 0.326 e. The first-order chi connectivity index (χ1) is 14.6. The Kier molecular flexibility index (Phi) is 10.3. The van der Waals surface area contributed by atoms with E-state index in [4.69, 9.17) is 10.2 Å². The Morgan fingerprint density at radius 2 is 1.55 bits per heavy atom. The van der Waals surface area contributed by atoms with Gasteiger partial charge in [-0.3, -0.25) is 9.59 Å². The predicted octanol–water partition coefficient (Wildman–Crippen LogP) is 0.234. The summed E-state index contributed by atoms with van der Waals surface area (Å²) in [6.45, 7) is 3.90. The minimum Gasteiger partial charge on any atom is -0.481 e. The van der Waals surface area contributed by atoms with Crippen molar-refractivity contribution in [1.29, 1.82) is 0 Å². The van der Waals surface area contributed by atoms with Gasteiger partial charge in [0, 0.05) is 25.2 Å². The van der Waals surface area contributed by atoms with Gasteiger partial charge < -0.3 is 31.3 Å². The number of carbonyl (C=O) groups excluding carboxylic acids is 2. The molecule has 0 spiro atoms. The van der Waals surface area contributed by atoms with Gasteiger partial charge in [0.15, 0.2) is 0 Å². The number of aromatic nitrogens is 1. The number of pyridine rings is 1. The molecule has 1 aromatic heterocycles. The molecule has 0 saturated carbocycles. The third kappa shape index (κ3) is 9.96. The van der Waals surface area contributed by atoms with Crippen molar-refractivity contribution in [2.45, 2.75) is 44.2 Å². The highest BCUT2D eigenvalue weighted by atomic mass is 16.4. The molecular formula is C19H25N4O8+. The molecular weight excluding hydrogens is 412 g/mol. The van der Waals surface area contributed by atoms with Gasteiger partial charge in [0.2, 0.25) is 5.69 Å². The first-order valence-corrected chi connectivity index (χ1v) is 9.40. The van der Waals surface area contributed by atoms with Gasteiger partial charge in [-0.1, -0.05) is 0 Å². The summed E-state index contributed by atoms with van der Waals surface area (Å²) in [5, 5.41) is 33.8. The highest BCUT2D eigenvalue weighted by Gasteiger charge is 2.24. The summed E-state index contributed by atoms with van der Waals surface area (Å²) in [6.07, 6.45) is 1.42. The molecule has 168 valence electrons. The number of carbonyl (C=O) groups is 5. The monoisotopic (exact) mass is 437 g/mol. The zero-order valence-corrected chi connectivity index (χ0v) is 16.7. The summed E-state index contributed by atoms with van der Waals surface area (Å²) in [7, 11) is 0. The van der Waals surface area contributed by atoms with Crippen LogP contribution in [0.25, 0.3) is 0 Å². The van der Waals surface area contributed by atoms with Crippen molar-refractivity contribution in [3.63, 3.8) is 0 Å². The third-order valence-electron chi connectivity index (χ3n) is 4.15. The lowest BCUT2D eigenvalue weighted by Crippen LogP contribution is -2.51. The molecule has 3 amide bonds. The van der Waals surface area contributed by atoms with Crippen molar-refractivity contribution in [2.24, 2.45) is 0 Å². The number of carboxylic acid groups (broad SMARTS) is 3. The zero-order valence-electron chi connectivity index (χ0n) is 16.7. The van der Waals surface area contributed by atoms with Crippen LogP contribution >= 0.6 is 0 Å². The molecule has 0 fully saturated rings. The Balaban J connectivity index is 2.41. The molecule has 12 heteroatoms. The maximum absolute atomic E-state index is 11.9. The molecule has 0 bridgehead atoms. The summed E-state index contributed by atoms with van der Waals surface area (Å²) in [5.74, 6) is -4.30. The minimum absolute atomic E-state index is 0.0449. The third-order valence-corrected chi connectivity index (χ3v) is 4.15. The quantitative estimate of drug-likeness (QED) is 0.185. The van der Waals surface area contributed by atoms with E-state index in [9.17, 15) is 29.1 Å². The number of rotatable bonds is 13. The zero-order chi connectivity index (χ0) is 23.4. The molecule has 1 aromatic rings. The Labute approximate surface area is 178 Å². The van der Waals surface area contributed by atoms with Crippen LogP contribution in [0.5, 0.6) is 0 Å². The van der Waals surface area contributed by atoms with Gasteiger partial charge >= 0.3 is 23.9 Å². The number of hydrogen-bond acceptors (Lipinski definition) is 6. The van der Waals surface area contributed by atoms with Crippen molar-refractivity contribution in [2.75, 3.05) is 6.54 Å². The fraction of sp³-hybridized carbons (Fsp3) is 0.421. The van der Waals surface area contributed by atoms with E-state index in [1.807, 2.05) is 0 Å². The van der Waals surface area contributed by atoms with Crippen molar-refractivity contribution in [1.82, 2.24) is 20.9 Å².